The highest BCUT2D eigenvalue weighted by Crippen LogP contribution is 2.28. The van der Waals surface area contributed by atoms with Crippen molar-refractivity contribution in [3.05, 3.63) is 63.7 Å². The SMILES string of the molecule is CCOC(=O)N1CCc2nn(-c3ccc(F)c(C)c3)c(-n3ccn(C)c3=O)c2C1. The molecule has 0 N–H and O–H groups in total. The topological polar surface area (TPSA) is 74.3 Å². The average molecular weight is 399 g/mol. The van der Waals surface area contributed by atoms with Crippen LogP contribution in [0.15, 0.2) is 35.4 Å². The van der Waals surface area contributed by atoms with Crippen molar-refractivity contribution >= 4 is 6.09 Å². The highest BCUT2D eigenvalue weighted by molar-refractivity contribution is 5.68. The molecule has 2 aromatic heterocycles. The van der Waals surface area contributed by atoms with Crippen molar-refractivity contribution in [2.24, 2.45) is 7.05 Å². The summed E-state index contributed by atoms with van der Waals surface area (Å²) < 4.78 is 23.5. The van der Waals surface area contributed by atoms with Gasteiger partial charge in [-0.05, 0) is 37.6 Å². The molecule has 0 spiro atoms. The molecule has 4 rings (SSSR count). The molecule has 0 fully saturated rings. The van der Waals surface area contributed by atoms with E-state index >= 15 is 0 Å². The van der Waals surface area contributed by atoms with Gasteiger partial charge >= 0.3 is 11.8 Å². The fourth-order valence-corrected chi connectivity index (χ4v) is 3.54. The molecule has 1 aromatic carbocycles. The molecule has 8 nitrogen and oxygen atoms in total. The van der Waals surface area contributed by atoms with Gasteiger partial charge in [-0.3, -0.25) is 4.57 Å². The highest BCUT2D eigenvalue weighted by Gasteiger charge is 2.30. The summed E-state index contributed by atoms with van der Waals surface area (Å²) in [6.45, 7) is 4.50. The van der Waals surface area contributed by atoms with Crippen molar-refractivity contribution in [3.63, 3.8) is 0 Å². The maximum absolute atomic E-state index is 13.8. The van der Waals surface area contributed by atoms with Gasteiger partial charge in [-0.1, -0.05) is 0 Å². The van der Waals surface area contributed by atoms with Gasteiger partial charge in [0.25, 0.3) is 0 Å². The first kappa shape index (κ1) is 19.0. The number of amides is 1. The van der Waals surface area contributed by atoms with Crippen molar-refractivity contribution in [3.8, 4) is 11.5 Å². The fourth-order valence-electron chi connectivity index (χ4n) is 3.54. The normalized spacial score (nSPS) is 13.4. The Bertz CT molecular complexity index is 1140. The van der Waals surface area contributed by atoms with Gasteiger partial charge < -0.3 is 14.2 Å². The van der Waals surface area contributed by atoms with Crippen LogP contribution in [-0.2, 0) is 24.8 Å². The number of imidazole rings is 1. The van der Waals surface area contributed by atoms with Crippen LogP contribution in [0, 0.1) is 12.7 Å². The first-order chi connectivity index (χ1) is 13.9. The zero-order valence-corrected chi connectivity index (χ0v) is 16.6. The van der Waals surface area contributed by atoms with Crippen molar-refractivity contribution in [1.82, 2.24) is 23.8 Å². The first-order valence-electron chi connectivity index (χ1n) is 9.44. The fraction of sp³-hybridized carbons (Fsp3) is 0.350. The van der Waals surface area contributed by atoms with Crippen LogP contribution in [-0.4, -0.2) is 43.1 Å². The number of carbonyl (C=O) groups is 1. The molecule has 0 atom stereocenters. The van der Waals surface area contributed by atoms with Gasteiger partial charge in [-0.15, -0.1) is 0 Å². The predicted octanol–water partition coefficient (Wildman–Crippen LogP) is 2.32. The molecule has 152 valence electrons. The lowest BCUT2D eigenvalue weighted by Crippen LogP contribution is -2.36. The molecular weight excluding hydrogens is 377 g/mol. The number of rotatable bonds is 3. The molecule has 29 heavy (non-hydrogen) atoms. The smallest absolute Gasteiger partial charge is 0.410 e. The monoisotopic (exact) mass is 399 g/mol. The van der Waals surface area contributed by atoms with E-state index in [-0.39, 0.29) is 18.1 Å². The van der Waals surface area contributed by atoms with Crippen molar-refractivity contribution in [2.45, 2.75) is 26.8 Å². The number of aryl methyl sites for hydroxylation is 2. The Morgan fingerprint density at radius 2 is 2.10 bits per heavy atom. The summed E-state index contributed by atoms with van der Waals surface area (Å²) in [4.78, 5) is 26.5. The summed E-state index contributed by atoms with van der Waals surface area (Å²) in [7, 11) is 1.67. The molecule has 1 aliphatic heterocycles. The summed E-state index contributed by atoms with van der Waals surface area (Å²) in [5.74, 6) is 0.239. The molecule has 3 heterocycles. The summed E-state index contributed by atoms with van der Waals surface area (Å²) in [6.07, 6.45) is 3.47. The minimum atomic E-state index is -0.394. The lowest BCUT2D eigenvalue weighted by atomic mass is 10.1. The van der Waals surface area contributed by atoms with E-state index in [0.717, 1.165) is 11.3 Å². The third-order valence-electron chi connectivity index (χ3n) is 5.09. The van der Waals surface area contributed by atoms with Crippen LogP contribution in [0.2, 0.25) is 0 Å². The Morgan fingerprint density at radius 1 is 1.31 bits per heavy atom. The van der Waals surface area contributed by atoms with Crippen molar-refractivity contribution in [1.29, 1.82) is 0 Å². The second kappa shape index (κ2) is 7.23. The van der Waals surface area contributed by atoms with Gasteiger partial charge in [0.15, 0.2) is 0 Å². The Hall–Kier alpha value is -3.36. The van der Waals surface area contributed by atoms with E-state index in [2.05, 4.69) is 0 Å². The zero-order valence-electron chi connectivity index (χ0n) is 16.6. The highest BCUT2D eigenvalue weighted by atomic mass is 19.1. The van der Waals surface area contributed by atoms with Gasteiger partial charge in [0.2, 0.25) is 0 Å². The number of ether oxygens (including phenoxy) is 1. The average Bonchev–Trinajstić information content (AvgIpc) is 3.23. The molecule has 0 radical (unpaired) electrons. The summed E-state index contributed by atoms with van der Waals surface area (Å²) in [5.41, 5.74) is 2.47. The van der Waals surface area contributed by atoms with Gasteiger partial charge in [-0.2, -0.15) is 5.10 Å². The predicted molar refractivity (Wildman–Crippen MR) is 104 cm³/mol. The Balaban J connectivity index is 1.89. The van der Waals surface area contributed by atoms with Crippen LogP contribution in [0.1, 0.15) is 23.7 Å². The van der Waals surface area contributed by atoms with Crippen molar-refractivity contribution in [2.75, 3.05) is 13.2 Å². The second-order valence-corrected chi connectivity index (χ2v) is 7.03. The summed E-state index contributed by atoms with van der Waals surface area (Å²) in [6, 6.07) is 4.70. The van der Waals surface area contributed by atoms with Crippen LogP contribution < -0.4 is 5.69 Å². The number of carbonyl (C=O) groups excluding carboxylic acids is 1. The van der Waals surface area contributed by atoms with E-state index in [9.17, 15) is 14.0 Å². The van der Waals surface area contributed by atoms with E-state index in [4.69, 9.17) is 9.84 Å². The van der Waals surface area contributed by atoms with Gasteiger partial charge in [0.1, 0.15) is 11.6 Å². The molecule has 1 amide bonds. The number of aromatic nitrogens is 4. The van der Waals surface area contributed by atoms with E-state index < -0.39 is 6.09 Å². The zero-order chi connectivity index (χ0) is 20.7. The van der Waals surface area contributed by atoms with E-state index in [1.807, 2.05) is 0 Å². The van der Waals surface area contributed by atoms with E-state index in [1.165, 1.54) is 15.2 Å². The third kappa shape index (κ3) is 3.22. The Kier molecular flexibility index (Phi) is 4.73. The van der Waals surface area contributed by atoms with Crippen LogP contribution in [0.3, 0.4) is 0 Å². The molecule has 0 saturated heterocycles. The first-order valence-corrected chi connectivity index (χ1v) is 9.44. The maximum atomic E-state index is 13.8. The minimum absolute atomic E-state index is 0.235. The van der Waals surface area contributed by atoms with Crippen LogP contribution in [0.25, 0.3) is 11.5 Å². The number of nitrogens with zero attached hydrogens (tertiary/aromatic N) is 5. The quantitative estimate of drug-likeness (QED) is 0.678. The molecule has 0 unspecified atom stereocenters. The lowest BCUT2D eigenvalue weighted by Gasteiger charge is -2.25. The van der Waals surface area contributed by atoms with E-state index in [1.54, 1.807) is 55.0 Å². The molecule has 0 saturated carbocycles. The largest absolute Gasteiger partial charge is 0.450 e. The van der Waals surface area contributed by atoms with E-state index in [0.29, 0.717) is 36.6 Å². The summed E-state index contributed by atoms with van der Waals surface area (Å²) in [5, 5.41) is 4.70. The van der Waals surface area contributed by atoms with Crippen LogP contribution in [0.4, 0.5) is 9.18 Å². The number of hydrogen-bond donors (Lipinski definition) is 0. The summed E-state index contributed by atoms with van der Waals surface area (Å²) >= 11 is 0. The standard InChI is InChI=1S/C20H22FN5O3/c1-4-29-20(28)24-8-7-17-15(12-24)18(25-10-9-23(3)19(25)27)26(22-17)14-5-6-16(21)13(2)11-14/h5-6,9-11H,4,7-8,12H2,1-3H3. The van der Waals surface area contributed by atoms with Crippen LogP contribution >= 0.6 is 0 Å². The molecule has 0 aliphatic carbocycles. The number of benzene rings is 1. The minimum Gasteiger partial charge on any atom is -0.450 e. The van der Waals surface area contributed by atoms with Crippen molar-refractivity contribution < 1.29 is 13.9 Å². The molecule has 3 aromatic rings. The molecule has 1 aliphatic rings. The molecule has 0 bridgehead atoms. The number of hydrogen-bond acceptors (Lipinski definition) is 4. The second-order valence-electron chi connectivity index (χ2n) is 7.03. The van der Waals surface area contributed by atoms with Crippen LogP contribution in [0.5, 0.6) is 0 Å². The lowest BCUT2D eigenvalue weighted by molar-refractivity contribution is 0.102. The third-order valence-corrected chi connectivity index (χ3v) is 5.09. The Labute approximate surface area is 166 Å². The van der Waals surface area contributed by atoms with Gasteiger partial charge in [-0.25, -0.2) is 18.7 Å². The number of halogens is 1. The Morgan fingerprint density at radius 3 is 2.76 bits per heavy atom. The van der Waals surface area contributed by atoms with Gasteiger partial charge in [0, 0.05) is 38.0 Å². The number of fused-ring (bicyclic) bond motifs is 1. The molecular formula is C20H22FN5O3. The van der Waals surface area contributed by atoms with Gasteiger partial charge in [0.05, 0.1) is 24.5 Å². The maximum Gasteiger partial charge on any atom is 0.410 e. The molecule has 9 heteroatoms.